The van der Waals surface area contributed by atoms with Gasteiger partial charge in [0.25, 0.3) is 0 Å². The maximum absolute atomic E-state index is 12.4. The zero-order chi connectivity index (χ0) is 15.6. The molecule has 0 saturated heterocycles. The molecule has 2 aromatic rings. The second kappa shape index (κ2) is 6.30. The van der Waals surface area contributed by atoms with Gasteiger partial charge >= 0.3 is 0 Å². The first-order valence-corrected chi connectivity index (χ1v) is 7.30. The summed E-state index contributed by atoms with van der Waals surface area (Å²) in [5, 5.41) is 12.0. The van der Waals surface area contributed by atoms with Crippen LogP contribution >= 0.6 is 11.6 Å². The molecule has 0 fully saturated rings. The number of halogens is 1. The van der Waals surface area contributed by atoms with Crippen LogP contribution in [0.4, 0.5) is 0 Å². The van der Waals surface area contributed by atoms with Crippen LogP contribution in [-0.4, -0.2) is 25.5 Å². The Morgan fingerprint density at radius 1 is 1.48 bits per heavy atom. The second-order valence-electron chi connectivity index (χ2n) is 5.14. The molecule has 1 N–H and O–H groups in total. The summed E-state index contributed by atoms with van der Waals surface area (Å²) in [5.41, 5.74) is 1.93. The molecule has 0 spiro atoms. The molecule has 2 heterocycles. The molecule has 1 amide bonds. The fourth-order valence-corrected chi connectivity index (χ4v) is 2.55. The molecule has 0 aliphatic carbocycles. The number of carbonyl (C=O) groups excluding carboxylic acids is 1. The van der Waals surface area contributed by atoms with Crippen molar-refractivity contribution in [3.8, 4) is 0 Å². The molecule has 0 saturated carbocycles. The van der Waals surface area contributed by atoms with Crippen LogP contribution in [0.1, 0.15) is 43.6 Å². The minimum absolute atomic E-state index is 0.0759. The molecule has 0 aliphatic rings. The Morgan fingerprint density at radius 2 is 2.19 bits per heavy atom. The number of amides is 1. The predicted molar refractivity (Wildman–Crippen MR) is 81.1 cm³/mol. The van der Waals surface area contributed by atoms with Gasteiger partial charge in [-0.05, 0) is 20.3 Å². The van der Waals surface area contributed by atoms with Crippen molar-refractivity contribution in [3.05, 3.63) is 34.9 Å². The van der Waals surface area contributed by atoms with E-state index in [0.717, 1.165) is 11.3 Å². The standard InChI is InChI=1S/C14H20ClN5O/c1-5-13(20-7-11(15)6-16-20)14(21)17-9(2)12-8-19(4)18-10(12)3/h6-9,13H,5H2,1-4H3,(H,17,21). The Balaban J connectivity index is 2.10. The van der Waals surface area contributed by atoms with Crippen LogP contribution in [0.25, 0.3) is 0 Å². The van der Waals surface area contributed by atoms with Crippen molar-refractivity contribution in [1.29, 1.82) is 0 Å². The lowest BCUT2D eigenvalue weighted by atomic mass is 10.1. The molecule has 7 heteroatoms. The van der Waals surface area contributed by atoms with Crippen LogP contribution < -0.4 is 5.32 Å². The Bertz CT molecular complexity index is 633. The van der Waals surface area contributed by atoms with E-state index < -0.39 is 0 Å². The molecular formula is C14H20ClN5O. The number of rotatable bonds is 5. The van der Waals surface area contributed by atoms with Crippen molar-refractivity contribution in [2.75, 3.05) is 0 Å². The van der Waals surface area contributed by atoms with Crippen LogP contribution in [0.15, 0.2) is 18.6 Å². The molecule has 6 nitrogen and oxygen atoms in total. The van der Waals surface area contributed by atoms with E-state index in [-0.39, 0.29) is 18.0 Å². The zero-order valence-electron chi connectivity index (χ0n) is 12.7. The summed E-state index contributed by atoms with van der Waals surface area (Å²) in [4.78, 5) is 12.4. The molecule has 21 heavy (non-hydrogen) atoms. The van der Waals surface area contributed by atoms with Gasteiger partial charge in [0.05, 0.1) is 23.0 Å². The topological polar surface area (TPSA) is 64.7 Å². The van der Waals surface area contributed by atoms with Crippen molar-refractivity contribution in [2.45, 2.75) is 39.3 Å². The fourth-order valence-electron chi connectivity index (χ4n) is 2.41. The SMILES string of the molecule is CCC(C(=O)NC(C)c1cn(C)nc1C)n1cc(Cl)cn1. The van der Waals surface area contributed by atoms with Crippen LogP contribution in [0, 0.1) is 6.92 Å². The van der Waals surface area contributed by atoms with Gasteiger partial charge in [-0.3, -0.25) is 14.2 Å². The Kier molecular flexibility index (Phi) is 4.67. The van der Waals surface area contributed by atoms with Crippen molar-refractivity contribution in [3.63, 3.8) is 0 Å². The maximum atomic E-state index is 12.4. The molecule has 0 aliphatic heterocycles. The third-order valence-corrected chi connectivity index (χ3v) is 3.65. The van der Waals surface area contributed by atoms with Gasteiger partial charge < -0.3 is 5.32 Å². The number of aryl methyl sites for hydroxylation is 2. The van der Waals surface area contributed by atoms with E-state index in [4.69, 9.17) is 11.6 Å². The van der Waals surface area contributed by atoms with Gasteiger partial charge in [-0.1, -0.05) is 18.5 Å². The summed E-state index contributed by atoms with van der Waals surface area (Å²) in [6.07, 6.45) is 5.76. The zero-order valence-corrected chi connectivity index (χ0v) is 13.4. The third-order valence-electron chi connectivity index (χ3n) is 3.46. The van der Waals surface area contributed by atoms with Gasteiger partial charge in [0.2, 0.25) is 5.91 Å². The van der Waals surface area contributed by atoms with E-state index in [9.17, 15) is 4.79 Å². The van der Waals surface area contributed by atoms with E-state index in [1.165, 1.54) is 6.20 Å². The summed E-state index contributed by atoms with van der Waals surface area (Å²) >= 11 is 5.87. The number of nitrogens with one attached hydrogen (secondary N) is 1. The average Bonchev–Trinajstić information content (AvgIpc) is 2.96. The quantitative estimate of drug-likeness (QED) is 0.922. The van der Waals surface area contributed by atoms with Crippen LogP contribution in [0.2, 0.25) is 5.02 Å². The Morgan fingerprint density at radius 3 is 2.67 bits per heavy atom. The first-order chi connectivity index (χ1) is 9.92. The van der Waals surface area contributed by atoms with E-state index in [2.05, 4.69) is 15.5 Å². The van der Waals surface area contributed by atoms with E-state index in [1.807, 2.05) is 34.0 Å². The van der Waals surface area contributed by atoms with E-state index in [1.54, 1.807) is 15.6 Å². The molecule has 2 rings (SSSR count). The van der Waals surface area contributed by atoms with E-state index in [0.29, 0.717) is 11.4 Å². The summed E-state index contributed by atoms with van der Waals surface area (Å²) in [6.45, 7) is 5.83. The monoisotopic (exact) mass is 309 g/mol. The van der Waals surface area contributed by atoms with E-state index >= 15 is 0 Å². The highest BCUT2D eigenvalue weighted by Gasteiger charge is 2.22. The molecule has 0 bridgehead atoms. The Hall–Kier alpha value is -1.82. The third kappa shape index (κ3) is 3.44. The number of carbonyl (C=O) groups is 1. The largest absolute Gasteiger partial charge is 0.348 e. The lowest BCUT2D eigenvalue weighted by molar-refractivity contribution is -0.125. The van der Waals surface area contributed by atoms with Gasteiger partial charge in [0.1, 0.15) is 6.04 Å². The minimum Gasteiger partial charge on any atom is -0.348 e. The van der Waals surface area contributed by atoms with Gasteiger partial charge in [-0.25, -0.2) is 0 Å². The minimum atomic E-state index is -0.364. The number of hydrogen-bond acceptors (Lipinski definition) is 3. The number of hydrogen-bond donors (Lipinski definition) is 1. The highest BCUT2D eigenvalue weighted by Crippen LogP contribution is 2.19. The van der Waals surface area contributed by atoms with Gasteiger partial charge in [-0.15, -0.1) is 0 Å². The molecule has 0 aromatic carbocycles. The molecule has 2 atom stereocenters. The van der Waals surface area contributed by atoms with Crippen LogP contribution in [-0.2, 0) is 11.8 Å². The average molecular weight is 310 g/mol. The number of aromatic nitrogens is 4. The predicted octanol–water partition coefficient (Wildman–Crippen LogP) is 2.41. The summed E-state index contributed by atoms with van der Waals surface area (Å²) in [5.74, 6) is -0.0759. The second-order valence-corrected chi connectivity index (χ2v) is 5.57. The molecule has 0 radical (unpaired) electrons. The van der Waals surface area contributed by atoms with Crippen molar-refractivity contribution < 1.29 is 4.79 Å². The number of nitrogens with zero attached hydrogens (tertiary/aromatic N) is 4. The van der Waals surface area contributed by atoms with Crippen LogP contribution in [0.3, 0.4) is 0 Å². The fraction of sp³-hybridized carbons (Fsp3) is 0.500. The smallest absolute Gasteiger partial charge is 0.245 e. The van der Waals surface area contributed by atoms with Crippen LogP contribution in [0.5, 0.6) is 0 Å². The summed E-state index contributed by atoms with van der Waals surface area (Å²) in [6, 6.07) is -0.469. The first-order valence-electron chi connectivity index (χ1n) is 6.92. The van der Waals surface area contributed by atoms with Crippen molar-refractivity contribution >= 4 is 17.5 Å². The van der Waals surface area contributed by atoms with Crippen molar-refractivity contribution in [1.82, 2.24) is 24.9 Å². The molecule has 114 valence electrons. The molecule has 2 unspecified atom stereocenters. The highest BCUT2D eigenvalue weighted by molar-refractivity contribution is 6.30. The lowest BCUT2D eigenvalue weighted by Gasteiger charge is -2.19. The molecule has 2 aromatic heterocycles. The highest BCUT2D eigenvalue weighted by atomic mass is 35.5. The van der Waals surface area contributed by atoms with Gasteiger partial charge in [0.15, 0.2) is 0 Å². The Labute approximate surface area is 129 Å². The lowest BCUT2D eigenvalue weighted by Crippen LogP contribution is -2.34. The first kappa shape index (κ1) is 15.6. The summed E-state index contributed by atoms with van der Waals surface area (Å²) in [7, 11) is 1.87. The normalized spacial score (nSPS) is 14.0. The summed E-state index contributed by atoms with van der Waals surface area (Å²) < 4.78 is 3.35. The van der Waals surface area contributed by atoms with Gasteiger partial charge in [0, 0.05) is 25.0 Å². The molecular weight excluding hydrogens is 290 g/mol. The maximum Gasteiger partial charge on any atom is 0.245 e. The van der Waals surface area contributed by atoms with Gasteiger partial charge in [-0.2, -0.15) is 10.2 Å². The van der Waals surface area contributed by atoms with Crippen molar-refractivity contribution in [2.24, 2.45) is 7.05 Å².